The van der Waals surface area contributed by atoms with E-state index in [2.05, 4.69) is 20.2 Å². The van der Waals surface area contributed by atoms with Gasteiger partial charge in [0.1, 0.15) is 5.82 Å². The number of hydrogen-bond acceptors (Lipinski definition) is 4. The van der Waals surface area contributed by atoms with Crippen LogP contribution >= 0.6 is 0 Å². The van der Waals surface area contributed by atoms with Crippen LogP contribution in [-0.2, 0) is 0 Å². The number of H-pyrrole nitrogens is 1. The summed E-state index contributed by atoms with van der Waals surface area (Å²) in [7, 11) is 4.07. The van der Waals surface area contributed by atoms with Gasteiger partial charge in [-0.1, -0.05) is 0 Å². The zero-order valence-corrected chi connectivity index (χ0v) is 8.58. The molecular formula is C9H16N4O. The summed E-state index contributed by atoms with van der Waals surface area (Å²) in [6.45, 7) is 1.85. The van der Waals surface area contributed by atoms with Crippen LogP contribution in [0.3, 0.4) is 0 Å². The molecule has 5 heteroatoms. The van der Waals surface area contributed by atoms with Gasteiger partial charge in [0.05, 0.1) is 6.33 Å². The molecule has 0 atom stereocenters. The van der Waals surface area contributed by atoms with Crippen LogP contribution in [0.5, 0.6) is 0 Å². The molecular weight excluding hydrogens is 180 g/mol. The summed E-state index contributed by atoms with van der Waals surface area (Å²) in [5, 5.41) is 3.08. The second-order valence-corrected chi connectivity index (χ2v) is 3.38. The predicted octanol–water partition coefficient (Wildman–Crippen LogP) is 0.133. The van der Waals surface area contributed by atoms with E-state index < -0.39 is 0 Å². The molecule has 0 aliphatic carbocycles. The highest BCUT2D eigenvalue weighted by atomic mass is 16.1. The number of nitrogens with zero attached hydrogens (tertiary/aromatic N) is 2. The Hall–Kier alpha value is -1.36. The first-order chi connectivity index (χ1) is 6.68. The van der Waals surface area contributed by atoms with E-state index in [1.165, 1.54) is 12.4 Å². The zero-order chi connectivity index (χ0) is 10.4. The molecule has 0 amide bonds. The van der Waals surface area contributed by atoms with Crippen molar-refractivity contribution in [2.24, 2.45) is 0 Å². The van der Waals surface area contributed by atoms with E-state index in [1.54, 1.807) is 0 Å². The molecule has 14 heavy (non-hydrogen) atoms. The van der Waals surface area contributed by atoms with E-state index in [0.717, 1.165) is 19.5 Å². The predicted molar refractivity (Wildman–Crippen MR) is 56.5 cm³/mol. The maximum absolute atomic E-state index is 10.9. The fraction of sp³-hybridized carbons (Fsp3) is 0.556. The van der Waals surface area contributed by atoms with Crippen molar-refractivity contribution in [1.29, 1.82) is 0 Å². The number of hydrogen-bond donors (Lipinski definition) is 2. The van der Waals surface area contributed by atoms with E-state index in [1.807, 2.05) is 14.1 Å². The average Bonchev–Trinajstić information content (AvgIpc) is 2.12. The van der Waals surface area contributed by atoms with Crippen LogP contribution in [-0.4, -0.2) is 42.1 Å². The topological polar surface area (TPSA) is 61.0 Å². The highest BCUT2D eigenvalue weighted by Crippen LogP contribution is 1.94. The third-order valence-corrected chi connectivity index (χ3v) is 1.77. The number of aromatic amines is 1. The van der Waals surface area contributed by atoms with Crippen molar-refractivity contribution in [2.45, 2.75) is 6.42 Å². The van der Waals surface area contributed by atoms with Crippen molar-refractivity contribution >= 4 is 5.82 Å². The largest absolute Gasteiger partial charge is 0.370 e. The van der Waals surface area contributed by atoms with Crippen LogP contribution in [0.1, 0.15) is 6.42 Å². The Kier molecular flexibility index (Phi) is 4.12. The van der Waals surface area contributed by atoms with Gasteiger partial charge in [-0.05, 0) is 27.1 Å². The Labute approximate surface area is 83.2 Å². The van der Waals surface area contributed by atoms with E-state index in [-0.39, 0.29) is 5.56 Å². The minimum absolute atomic E-state index is 0.130. The van der Waals surface area contributed by atoms with Gasteiger partial charge in [0.25, 0.3) is 5.56 Å². The summed E-state index contributed by atoms with van der Waals surface area (Å²) in [5.74, 6) is 0.632. The summed E-state index contributed by atoms with van der Waals surface area (Å²) < 4.78 is 0. The first-order valence-corrected chi connectivity index (χ1v) is 4.62. The van der Waals surface area contributed by atoms with E-state index in [0.29, 0.717) is 5.82 Å². The third kappa shape index (κ3) is 4.04. The molecule has 0 saturated heterocycles. The Morgan fingerprint density at radius 2 is 2.36 bits per heavy atom. The number of nitrogens with one attached hydrogen (secondary N) is 2. The van der Waals surface area contributed by atoms with Crippen molar-refractivity contribution in [3.05, 3.63) is 22.7 Å². The number of aromatic nitrogens is 2. The quantitative estimate of drug-likeness (QED) is 0.657. The molecule has 5 nitrogen and oxygen atoms in total. The first-order valence-electron chi connectivity index (χ1n) is 4.62. The highest BCUT2D eigenvalue weighted by molar-refractivity contribution is 5.31. The van der Waals surface area contributed by atoms with Gasteiger partial charge < -0.3 is 15.2 Å². The third-order valence-electron chi connectivity index (χ3n) is 1.77. The van der Waals surface area contributed by atoms with Crippen LogP contribution in [0, 0.1) is 0 Å². The SMILES string of the molecule is CN(C)CCCNc1cc(=O)[nH]cn1. The van der Waals surface area contributed by atoms with E-state index >= 15 is 0 Å². The minimum Gasteiger partial charge on any atom is -0.370 e. The number of rotatable bonds is 5. The standard InChI is InChI=1S/C9H16N4O/c1-13(2)5-3-4-10-8-6-9(14)12-7-11-8/h6-7H,3-5H2,1-2H3,(H2,10,11,12,14). The molecule has 1 aromatic rings. The van der Waals surface area contributed by atoms with Crippen LogP contribution in [0.15, 0.2) is 17.2 Å². The molecule has 0 unspecified atom stereocenters. The van der Waals surface area contributed by atoms with Crippen molar-refractivity contribution in [1.82, 2.24) is 14.9 Å². The van der Waals surface area contributed by atoms with Gasteiger partial charge >= 0.3 is 0 Å². The zero-order valence-electron chi connectivity index (χ0n) is 8.58. The summed E-state index contributed by atoms with van der Waals surface area (Å²) in [4.78, 5) is 19.4. The molecule has 1 rings (SSSR count). The molecule has 0 aliphatic rings. The van der Waals surface area contributed by atoms with Crippen LogP contribution in [0.25, 0.3) is 0 Å². The fourth-order valence-electron chi connectivity index (χ4n) is 1.08. The lowest BCUT2D eigenvalue weighted by Gasteiger charge is -2.09. The Bertz CT molecular complexity index is 321. The van der Waals surface area contributed by atoms with Gasteiger partial charge in [-0.15, -0.1) is 0 Å². The molecule has 0 aromatic carbocycles. The molecule has 0 spiro atoms. The van der Waals surface area contributed by atoms with E-state index in [4.69, 9.17) is 0 Å². The van der Waals surface area contributed by atoms with Crippen molar-refractivity contribution < 1.29 is 0 Å². The fourth-order valence-corrected chi connectivity index (χ4v) is 1.08. The van der Waals surface area contributed by atoms with Gasteiger partial charge in [-0.2, -0.15) is 0 Å². The molecule has 1 aromatic heterocycles. The van der Waals surface area contributed by atoms with Crippen molar-refractivity contribution in [2.75, 3.05) is 32.5 Å². The minimum atomic E-state index is -0.130. The van der Waals surface area contributed by atoms with Gasteiger partial charge in [0, 0.05) is 12.6 Å². The van der Waals surface area contributed by atoms with Crippen LogP contribution < -0.4 is 10.9 Å². The monoisotopic (exact) mass is 196 g/mol. The van der Waals surface area contributed by atoms with Gasteiger partial charge in [-0.25, -0.2) is 4.98 Å². The van der Waals surface area contributed by atoms with Gasteiger partial charge in [-0.3, -0.25) is 4.79 Å². The van der Waals surface area contributed by atoms with E-state index in [9.17, 15) is 4.79 Å². The van der Waals surface area contributed by atoms with Gasteiger partial charge in [0.2, 0.25) is 0 Å². The highest BCUT2D eigenvalue weighted by Gasteiger charge is 1.94. The van der Waals surface area contributed by atoms with Gasteiger partial charge in [0.15, 0.2) is 0 Å². The molecule has 78 valence electrons. The first kappa shape index (κ1) is 10.7. The molecule has 0 fully saturated rings. The lowest BCUT2D eigenvalue weighted by atomic mass is 10.4. The second-order valence-electron chi connectivity index (χ2n) is 3.38. The lowest BCUT2D eigenvalue weighted by molar-refractivity contribution is 0.405. The van der Waals surface area contributed by atoms with Crippen LogP contribution in [0.2, 0.25) is 0 Å². The second kappa shape index (κ2) is 5.39. The van der Waals surface area contributed by atoms with Crippen molar-refractivity contribution in [3.8, 4) is 0 Å². The molecule has 2 N–H and O–H groups in total. The lowest BCUT2D eigenvalue weighted by Crippen LogP contribution is -2.17. The summed E-state index contributed by atoms with van der Waals surface area (Å²) in [6, 6.07) is 1.45. The summed E-state index contributed by atoms with van der Waals surface area (Å²) >= 11 is 0. The summed E-state index contributed by atoms with van der Waals surface area (Å²) in [6.07, 6.45) is 2.43. The molecule has 0 bridgehead atoms. The molecule has 0 aliphatic heterocycles. The molecule has 1 heterocycles. The normalized spacial score (nSPS) is 10.5. The maximum Gasteiger partial charge on any atom is 0.252 e. The Morgan fingerprint density at radius 1 is 1.57 bits per heavy atom. The Balaban J connectivity index is 2.28. The van der Waals surface area contributed by atoms with Crippen LogP contribution in [0.4, 0.5) is 5.82 Å². The average molecular weight is 196 g/mol. The summed E-state index contributed by atoms with van der Waals surface area (Å²) in [5.41, 5.74) is -0.130. The number of anilines is 1. The molecule has 0 radical (unpaired) electrons. The molecule has 0 saturated carbocycles. The smallest absolute Gasteiger partial charge is 0.252 e. The Morgan fingerprint density at radius 3 is 3.00 bits per heavy atom. The maximum atomic E-state index is 10.9. The van der Waals surface area contributed by atoms with Crippen molar-refractivity contribution in [3.63, 3.8) is 0 Å².